The van der Waals surface area contributed by atoms with Gasteiger partial charge in [0.25, 0.3) is 12.3 Å². The first-order chi connectivity index (χ1) is 18.7. The highest BCUT2D eigenvalue weighted by molar-refractivity contribution is 6.06. The number of alkyl halides is 2. The highest BCUT2D eigenvalue weighted by atomic mass is 19.3. The molecule has 9 heteroatoms. The van der Waals surface area contributed by atoms with Crippen LogP contribution in [0.2, 0.25) is 0 Å². The van der Waals surface area contributed by atoms with E-state index >= 15 is 0 Å². The maximum Gasteiger partial charge on any atom is 0.306 e. The summed E-state index contributed by atoms with van der Waals surface area (Å²) in [6, 6.07) is 14.9. The van der Waals surface area contributed by atoms with Gasteiger partial charge < -0.3 is 15.0 Å². The van der Waals surface area contributed by atoms with Gasteiger partial charge in [-0.05, 0) is 78.1 Å². The van der Waals surface area contributed by atoms with E-state index in [1.54, 1.807) is 18.3 Å². The predicted molar refractivity (Wildman–Crippen MR) is 139 cm³/mol. The molecule has 2 aliphatic carbocycles. The highest BCUT2D eigenvalue weighted by Gasteiger charge is 2.55. The summed E-state index contributed by atoms with van der Waals surface area (Å²) in [6.07, 6.45) is 3.30. The summed E-state index contributed by atoms with van der Waals surface area (Å²) in [5.41, 5.74) is 2.93. The van der Waals surface area contributed by atoms with Crippen molar-refractivity contribution in [2.24, 2.45) is 11.3 Å². The number of aliphatic carboxylic acids is 1. The number of rotatable bonds is 7. The van der Waals surface area contributed by atoms with Crippen LogP contribution in [0.1, 0.15) is 53.7 Å². The van der Waals surface area contributed by atoms with Crippen LogP contribution in [0.4, 0.5) is 13.2 Å². The smallest absolute Gasteiger partial charge is 0.306 e. The molecule has 39 heavy (non-hydrogen) atoms. The molecule has 1 amide bonds. The topological polar surface area (TPSA) is 84.2 Å². The lowest BCUT2D eigenvalue weighted by molar-refractivity contribution is -0.155. The second-order valence-corrected chi connectivity index (χ2v) is 10.8. The lowest BCUT2D eigenvalue weighted by Crippen LogP contribution is -2.57. The number of carboxylic acid groups (broad SMARTS) is 1. The number of carboxylic acids is 1. The fraction of sp³-hybridized carbons (Fsp3) is 0.300. The fourth-order valence-corrected chi connectivity index (χ4v) is 6.20. The number of amides is 1. The molecule has 2 heterocycles. The number of nitrogens with one attached hydrogen (secondary N) is 1. The lowest BCUT2D eigenvalue weighted by atomic mass is 9.50. The van der Waals surface area contributed by atoms with Crippen molar-refractivity contribution in [3.8, 4) is 11.1 Å². The molecule has 2 N–H and O–H groups in total. The monoisotopic (exact) mass is 533 g/mol. The van der Waals surface area contributed by atoms with Crippen molar-refractivity contribution in [1.29, 1.82) is 0 Å². The van der Waals surface area contributed by atoms with Crippen molar-refractivity contribution in [2.75, 3.05) is 0 Å². The van der Waals surface area contributed by atoms with E-state index in [0.29, 0.717) is 41.4 Å². The van der Waals surface area contributed by atoms with Crippen LogP contribution in [-0.2, 0) is 11.3 Å². The zero-order valence-corrected chi connectivity index (χ0v) is 20.9. The molecule has 2 aromatic heterocycles. The van der Waals surface area contributed by atoms with E-state index in [1.165, 1.54) is 24.4 Å². The molecular weight excluding hydrogens is 507 g/mol. The largest absolute Gasteiger partial charge is 0.481 e. The SMILES string of the molecule is O=C(NC1CC2(C1)CC(C(=O)O)C2)c1ccc(F)c2ccn(Cc3ccc(-c4ccnc(C(F)F)c4)cc3)c12. The third-order valence-corrected chi connectivity index (χ3v) is 8.16. The first-order valence-corrected chi connectivity index (χ1v) is 12.9. The maximum absolute atomic E-state index is 14.7. The normalized spacial score (nSPS) is 22.1. The molecule has 200 valence electrons. The van der Waals surface area contributed by atoms with Crippen LogP contribution in [-0.4, -0.2) is 32.6 Å². The molecule has 0 radical (unpaired) electrons. The minimum atomic E-state index is -2.65. The molecule has 2 saturated carbocycles. The molecular formula is C30H26F3N3O3. The number of carbonyl (C=O) groups is 2. The van der Waals surface area contributed by atoms with Gasteiger partial charge in [0, 0.05) is 30.4 Å². The van der Waals surface area contributed by atoms with Gasteiger partial charge in [-0.25, -0.2) is 13.2 Å². The Labute approximate surface area is 222 Å². The van der Waals surface area contributed by atoms with Gasteiger partial charge in [0.15, 0.2) is 0 Å². The second-order valence-electron chi connectivity index (χ2n) is 10.8. The third-order valence-electron chi connectivity index (χ3n) is 8.16. The molecule has 0 bridgehead atoms. The molecule has 2 aliphatic rings. The van der Waals surface area contributed by atoms with Gasteiger partial charge in [-0.15, -0.1) is 0 Å². The fourth-order valence-electron chi connectivity index (χ4n) is 6.20. The van der Waals surface area contributed by atoms with Gasteiger partial charge >= 0.3 is 5.97 Å². The summed E-state index contributed by atoms with van der Waals surface area (Å²) >= 11 is 0. The minimum Gasteiger partial charge on any atom is -0.481 e. The predicted octanol–water partition coefficient (Wildman–Crippen LogP) is 6.20. The Morgan fingerprint density at radius 3 is 2.46 bits per heavy atom. The van der Waals surface area contributed by atoms with Crippen molar-refractivity contribution in [3.05, 3.63) is 89.6 Å². The van der Waals surface area contributed by atoms with Crippen molar-refractivity contribution >= 4 is 22.8 Å². The van der Waals surface area contributed by atoms with E-state index in [0.717, 1.165) is 24.0 Å². The van der Waals surface area contributed by atoms with E-state index < -0.39 is 18.2 Å². The minimum absolute atomic E-state index is 0.0259. The standard InChI is InChI=1S/C30H26F3N3O3/c31-24-6-5-23(28(37)35-21-14-30(15-21)12-20(13-30)29(38)39)26-22(24)8-10-36(26)16-17-1-3-18(4-2-17)19-7-9-34-25(11-19)27(32)33/h1-11,20-21,27H,12-16H2,(H,35,37)(H,38,39). The van der Waals surface area contributed by atoms with Crippen LogP contribution < -0.4 is 5.32 Å². The zero-order chi connectivity index (χ0) is 27.3. The summed E-state index contributed by atoms with van der Waals surface area (Å²) in [6.45, 7) is 0.384. The zero-order valence-electron chi connectivity index (χ0n) is 20.9. The Hall–Kier alpha value is -4.14. The second kappa shape index (κ2) is 9.55. The lowest BCUT2D eigenvalue weighted by Gasteiger charge is -2.56. The third kappa shape index (κ3) is 4.66. The quantitative estimate of drug-likeness (QED) is 0.296. The Kier molecular flexibility index (Phi) is 6.16. The summed E-state index contributed by atoms with van der Waals surface area (Å²) in [7, 11) is 0. The van der Waals surface area contributed by atoms with Crippen LogP contribution in [0.5, 0.6) is 0 Å². The molecule has 1 spiro atoms. The van der Waals surface area contributed by atoms with Crippen molar-refractivity contribution in [1.82, 2.24) is 14.9 Å². The average molecular weight is 534 g/mol. The Morgan fingerprint density at radius 2 is 1.77 bits per heavy atom. The number of fused-ring (bicyclic) bond motifs is 1. The Balaban J connectivity index is 1.19. The van der Waals surface area contributed by atoms with Gasteiger partial charge in [-0.1, -0.05) is 24.3 Å². The van der Waals surface area contributed by atoms with Gasteiger partial charge in [0.05, 0.1) is 17.0 Å². The van der Waals surface area contributed by atoms with Gasteiger partial charge in [-0.3, -0.25) is 14.6 Å². The average Bonchev–Trinajstić information content (AvgIpc) is 3.29. The van der Waals surface area contributed by atoms with Gasteiger partial charge in [0.2, 0.25) is 0 Å². The molecule has 2 fully saturated rings. The first kappa shape index (κ1) is 25.2. The van der Waals surface area contributed by atoms with Crippen molar-refractivity contribution < 1.29 is 27.9 Å². The Morgan fingerprint density at radius 1 is 1.03 bits per heavy atom. The molecule has 6 nitrogen and oxygen atoms in total. The highest BCUT2D eigenvalue weighted by Crippen LogP contribution is 2.58. The van der Waals surface area contributed by atoms with Crippen LogP contribution >= 0.6 is 0 Å². The van der Waals surface area contributed by atoms with E-state index in [-0.39, 0.29) is 29.0 Å². The van der Waals surface area contributed by atoms with Crippen LogP contribution in [0.25, 0.3) is 22.0 Å². The number of hydrogen-bond acceptors (Lipinski definition) is 3. The molecule has 0 aliphatic heterocycles. The van der Waals surface area contributed by atoms with Crippen LogP contribution in [0.3, 0.4) is 0 Å². The molecule has 2 aromatic carbocycles. The summed E-state index contributed by atoms with van der Waals surface area (Å²) in [5.74, 6) is -1.73. The molecule has 6 rings (SSSR count). The maximum atomic E-state index is 14.7. The number of aromatic nitrogens is 2. The number of halogens is 3. The van der Waals surface area contributed by atoms with E-state index in [4.69, 9.17) is 5.11 Å². The van der Waals surface area contributed by atoms with Crippen molar-refractivity contribution in [2.45, 2.75) is 44.7 Å². The number of carbonyl (C=O) groups excluding carboxylic acids is 1. The summed E-state index contributed by atoms with van der Waals surface area (Å²) in [5, 5.41) is 12.5. The summed E-state index contributed by atoms with van der Waals surface area (Å²) < 4.78 is 42.5. The molecule has 0 unspecified atom stereocenters. The summed E-state index contributed by atoms with van der Waals surface area (Å²) in [4.78, 5) is 28.1. The van der Waals surface area contributed by atoms with E-state index in [9.17, 15) is 22.8 Å². The van der Waals surface area contributed by atoms with Crippen LogP contribution in [0, 0.1) is 17.2 Å². The van der Waals surface area contributed by atoms with Crippen LogP contribution in [0.15, 0.2) is 67.0 Å². The number of hydrogen-bond donors (Lipinski definition) is 2. The molecule has 0 atom stereocenters. The number of nitrogens with zero attached hydrogens (tertiary/aromatic N) is 2. The molecule has 4 aromatic rings. The van der Waals surface area contributed by atoms with E-state index in [2.05, 4.69) is 10.3 Å². The van der Waals surface area contributed by atoms with Gasteiger partial charge in [0.1, 0.15) is 11.5 Å². The Bertz CT molecular complexity index is 1570. The number of benzene rings is 2. The van der Waals surface area contributed by atoms with E-state index in [1.807, 2.05) is 28.8 Å². The number of pyridine rings is 1. The first-order valence-electron chi connectivity index (χ1n) is 12.9. The molecule has 0 saturated heterocycles. The van der Waals surface area contributed by atoms with Gasteiger partial charge in [-0.2, -0.15) is 0 Å². The van der Waals surface area contributed by atoms with Crippen molar-refractivity contribution in [3.63, 3.8) is 0 Å².